The van der Waals surface area contributed by atoms with E-state index in [1.807, 2.05) is 24.3 Å². The maximum absolute atomic E-state index is 11.4. The minimum Gasteiger partial charge on any atom is -0.382 e. The highest BCUT2D eigenvalue weighted by Gasteiger charge is 2.11. The Kier molecular flexibility index (Phi) is 6.70. The first kappa shape index (κ1) is 19.2. The van der Waals surface area contributed by atoms with Crippen molar-refractivity contribution in [3.8, 4) is 0 Å². The van der Waals surface area contributed by atoms with Gasteiger partial charge < -0.3 is 19.2 Å². The average Bonchev–Trinajstić information content (AvgIpc) is 3.07. The van der Waals surface area contributed by atoms with Crippen molar-refractivity contribution in [3.63, 3.8) is 0 Å². The standard InChI is InChI=1S/C21H23NO5/c1-25-6-7-27-9-8-26-5-4-17-10-16(14-24)12-19-18-11-15(13-23)2-3-20(18)22-21(17)19/h2-3,10-14,22H,4-9H2,1H3. The fraction of sp³-hybridized carbons (Fsp3) is 0.333. The van der Waals surface area contributed by atoms with Crippen molar-refractivity contribution in [2.75, 3.05) is 40.1 Å². The number of nitrogens with one attached hydrogen (secondary N) is 1. The molecule has 0 aliphatic rings. The minimum absolute atomic E-state index is 0.510. The second kappa shape index (κ2) is 9.41. The van der Waals surface area contributed by atoms with E-state index in [9.17, 15) is 9.59 Å². The van der Waals surface area contributed by atoms with Crippen molar-refractivity contribution in [2.24, 2.45) is 0 Å². The van der Waals surface area contributed by atoms with E-state index in [1.54, 1.807) is 13.2 Å². The zero-order chi connectivity index (χ0) is 19.1. The van der Waals surface area contributed by atoms with Crippen molar-refractivity contribution < 1.29 is 23.8 Å². The Morgan fingerprint density at radius 1 is 0.852 bits per heavy atom. The molecule has 27 heavy (non-hydrogen) atoms. The largest absolute Gasteiger partial charge is 0.382 e. The zero-order valence-corrected chi connectivity index (χ0v) is 15.3. The molecule has 0 unspecified atom stereocenters. The fourth-order valence-corrected chi connectivity index (χ4v) is 3.10. The van der Waals surface area contributed by atoms with Gasteiger partial charge in [0.1, 0.15) is 12.6 Å². The van der Waals surface area contributed by atoms with Crippen LogP contribution in [0.3, 0.4) is 0 Å². The Hall–Kier alpha value is -2.54. The van der Waals surface area contributed by atoms with Crippen LogP contribution in [0.5, 0.6) is 0 Å². The molecule has 3 aromatic rings. The summed E-state index contributed by atoms with van der Waals surface area (Å²) in [6.45, 7) is 2.69. The van der Waals surface area contributed by atoms with Crippen molar-refractivity contribution in [1.82, 2.24) is 4.98 Å². The van der Waals surface area contributed by atoms with Gasteiger partial charge in [0.25, 0.3) is 0 Å². The van der Waals surface area contributed by atoms with Crippen molar-refractivity contribution in [1.29, 1.82) is 0 Å². The predicted octanol–water partition coefficient (Wildman–Crippen LogP) is 3.17. The number of carbonyl (C=O) groups excluding carboxylic acids is 2. The average molecular weight is 369 g/mol. The van der Waals surface area contributed by atoms with E-state index in [0.717, 1.165) is 39.9 Å². The third kappa shape index (κ3) is 4.60. The van der Waals surface area contributed by atoms with Crippen LogP contribution in [0, 0.1) is 0 Å². The molecule has 0 spiro atoms. The summed E-state index contributed by atoms with van der Waals surface area (Å²) in [5.41, 5.74) is 4.14. The quantitative estimate of drug-likeness (QED) is 0.415. The van der Waals surface area contributed by atoms with Crippen molar-refractivity contribution in [3.05, 3.63) is 47.0 Å². The summed E-state index contributed by atoms with van der Waals surface area (Å²) in [6.07, 6.45) is 2.34. The van der Waals surface area contributed by atoms with E-state index >= 15 is 0 Å². The van der Waals surface area contributed by atoms with Gasteiger partial charge in [0.05, 0.1) is 33.0 Å². The third-order valence-electron chi connectivity index (χ3n) is 4.43. The zero-order valence-electron chi connectivity index (χ0n) is 15.3. The SMILES string of the molecule is COCCOCCOCCc1cc(C=O)cc2c1[nH]c1ccc(C=O)cc12. The van der Waals surface area contributed by atoms with Crippen molar-refractivity contribution >= 4 is 34.4 Å². The van der Waals surface area contributed by atoms with Gasteiger partial charge in [-0.15, -0.1) is 0 Å². The number of H-pyrrole nitrogens is 1. The van der Waals surface area contributed by atoms with Crippen LogP contribution in [0.2, 0.25) is 0 Å². The lowest BCUT2D eigenvalue weighted by Gasteiger charge is -2.07. The Balaban J connectivity index is 1.74. The van der Waals surface area contributed by atoms with E-state index < -0.39 is 0 Å². The molecule has 3 rings (SSSR count). The van der Waals surface area contributed by atoms with Gasteiger partial charge in [-0.1, -0.05) is 0 Å². The summed E-state index contributed by atoms with van der Waals surface area (Å²) in [7, 11) is 1.64. The van der Waals surface area contributed by atoms with Gasteiger partial charge in [-0.3, -0.25) is 9.59 Å². The lowest BCUT2D eigenvalue weighted by molar-refractivity contribution is 0.0256. The van der Waals surface area contributed by atoms with E-state index in [0.29, 0.717) is 50.6 Å². The highest BCUT2D eigenvalue weighted by atomic mass is 16.5. The third-order valence-corrected chi connectivity index (χ3v) is 4.43. The summed E-state index contributed by atoms with van der Waals surface area (Å²) in [5.74, 6) is 0. The van der Waals surface area contributed by atoms with Gasteiger partial charge in [0.15, 0.2) is 0 Å². The molecule has 6 nitrogen and oxygen atoms in total. The second-order valence-electron chi connectivity index (χ2n) is 6.24. The maximum Gasteiger partial charge on any atom is 0.150 e. The van der Waals surface area contributed by atoms with E-state index in [1.165, 1.54) is 0 Å². The minimum atomic E-state index is 0.510. The molecule has 0 amide bonds. The van der Waals surface area contributed by atoms with Gasteiger partial charge in [0.2, 0.25) is 0 Å². The summed E-state index contributed by atoms with van der Waals surface area (Å²) < 4.78 is 15.9. The second-order valence-corrected chi connectivity index (χ2v) is 6.24. The molecule has 1 heterocycles. The molecular weight excluding hydrogens is 346 g/mol. The van der Waals surface area contributed by atoms with Crippen LogP contribution in [0.25, 0.3) is 21.8 Å². The fourth-order valence-electron chi connectivity index (χ4n) is 3.10. The van der Waals surface area contributed by atoms with Crippen LogP contribution in [0.1, 0.15) is 26.3 Å². The number of aldehydes is 2. The van der Waals surface area contributed by atoms with Crippen LogP contribution >= 0.6 is 0 Å². The molecule has 0 radical (unpaired) electrons. The number of carbonyl (C=O) groups is 2. The molecule has 0 atom stereocenters. The predicted molar refractivity (Wildman–Crippen MR) is 104 cm³/mol. The first-order valence-corrected chi connectivity index (χ1v) is 8.90. The molecule has 0 bridgehead atoms. The number of methoxy groups -OCH3 is 1. The lowest BCUT2D eigenvalue weighted by Crippen LogP contribution is -2.09. The molecule has 0 saturated heterocycles. The molecule has 142 valence electrons. The Morgan fingerprint density at radius 2 is 1.56 bits per heavy atom. The molecule has 1 N–H and O–H groups in total. The van der Waals surface area contributed by atoms with Crippen LogP contribution in [0.15, 0.2) is 30.3 Å². The first-order chi connectivity index (χ1) is 13.3. The van der Waals surface area contributed by atoms with E-state index in [4.69, 9.17) is 14.2 Å². The van der Waals surface area contributed by atoms with Gasteiger partial charge in [0, 0.05) is 40.0 Å². The van der Waals surface area contributed by atoms with Gasteiger partial charge in [-0.2, -0.15) is 0 Å². The number of rotatable bonds is 11. The maximum atomic E-state index is 11.4. The van der Waals surface area contributed by atoms with Crippen LogP contribution in [-0.2, 0) is 20.6 Å². The number of benzene rings is 2. The molecule has 2 aromatic carbocycles. The molecule has 0 saturated carbocycles. The Bertz CT molecular complexity index is 931. The van der Waals surface area contributed by atoms with Gasteiger partial charge in [-0.25, -0.2) is 0 Å². The molecule has 6 heteroatoms. The number of aromatic amines is 1. The highest BCUT2D eigenvalue weighted by molar-refractivity contribution is 6.10. The number of ether oxygens (including phenoxy) is 3. The number of aromatic nitrogens is 1. The summed E-state index contributed by atoms with van der Waals surface area (Å²) in [5, 5.41) is 1.88. The Labute approximate surface area is 157 Å². The number of hydrogen-bond acceptors (Lipinski definition) is 5. The summed E-state index contributed by atoms with van der Waals surface area (Å²) in [6, 6.07) is 9.23. The number of hydrogen-bond donors (Lipinski definition) is 1. The molecular formula is C21H23NO5. The number of fused-ring (bicyclic) bond motifs is 3. The van der Waals surface area contributed by atoms with Crippen LogP contribution in [0.4, 0.5) is 0 Å². The summed E-state index contributed by atoms with van der Waals surface area (Å²) in [4.78, 5) is 25.8. The van der Waals surface area contributed by atoms with Crippen LogP contribution < -0.4 is 0 Å². The van der Waals surface area contributed by atoms with Crippen molar-refractivity contribution in [2.45, 2.75) is 6.42 Å². The first-order valence-electron chi connectivity index (χ1n) is 8.90. The van der Waals surface area contributed by atoms with Crippen LogP contribution in [-0.4, -0.2) is 57.7 Å². The molecule has 0 aliphatic carbocycles. The monoisotopic (exact) mass is 369 g/mol. The normalized spacial score (nSPS) is 11.3. The van der Waals surface area contributed by atoms with E-state index in [-0.39, 0.29) is 0 Å². The summed E-state index contributed by atoms with van der Waals surface area (Å²) >= 11 is 0. The van der Waals surface area contributed by atoms with E-state index in [2.05, 4.69) is 4.98 Å². The lowest BCUT2D eigenvalue weighted by atomic mass is 10.0. The topological polar surface area (TPSA) is 77.6 Å². The highest BCUT2D eigenvalue weighted by Crippen LogP contribution is 2.29. The molecule has 0 fully saturated rings. The molecule has 0 aliphatic heterocycles. The molecule has 1 aromatic heterocycles. The smallest absolute Gasteiger partial charge is 0.150 e. The van der Waals surface area contributed by atoms with Gasteiger partial charge in [-0.05, 0) is 42.3 Å². The van der Waals surface area contributed by atoms with Gasteiger partial charge >= 0.3 is 0 Å². The Morgan fingerprint density at radius 3 is 2.30 bits per heavy atom.